The SMILES string of the molecule is CCC(=O)C[C@H](CN)c1cccc(Cl)c1. The van der Waals surface area contributed by atoms with E-state index in [1.165, 1.54) is 0 Å². The molecule has 1 aromatic rings. The summed E-state index contributed by atoms with van der Waals surface area (Å²) in [5, 5.41) is 0.690. The van der Waals surface area contributed by atoms with Crippen molar-refractivity contribution in [2.45, 2.75) is 25.7 Å². The molecule has 0 unspecified atom stereocenters. The first-order valence-corrected chi connectivity index (χ1v) is 5.52. The standard InChI is InChI=1S/C12H16ClNO/c1-2-12(15)7-10(8-14)9-4-3-5-11(13)6-9/h3-6,10H,2,7-8,14H2,1H3/t10-/m1/s1. The highest BCUT2D eigenvalue weighted by atomic mass is 35.5. The lowest BCUT2D eigenvalue weighted by Gasteiger charge is -2.14. The maximum absolute atomic E-state index is 11.4. The second kappa shape index (κ2) is 5.89. The molecule has 82 valence electrons. The van der Waals surface area contributed by atoms with Gasteiger partial charge in [0.2, 0.25) is 0 Å². The van der Waals surface area contributed by atoms with Gasteiger partial charge in [-0.3, -0.25) is 4.79 Å². The Morgan fingerprint density at radius 2 is 2.27 bits per heavy atom. The predicted molar refractivity (Wildman–Crippen MR) is 63.2 cm³/mol. The fraction of sp³-hybridized carbons (Fsp3) is 0.417. The summed E-state index contributed by atoms with van der Waals surface area (Å²) in [7, 11) is 0. The number of carbonyl (C=O) groups excluding carboxylic acids is 1. The van der Waals surface area contributed by atoms with E-state index in [-0.39, 0.29) is 11.7 Å². The van der Waals surface area contributed by atoms with E-state index in [0.717, 1.165) is 5.56 Å². The lowest BCUT2D eigenvalue weighted by molar-refractivity contribution is -0.119. The first-order chi connectivity index (χ1) is 7.17. The van der Waals surface area contributed by atoms with Crippen LogP contribution in [0.2, 0.25) is 5.02 Å². The Labute approximate surface area is 95.4 Å². The second-order valence-electron chi connectivity index (χ2n) is 3.58. The average Bonchev–Trinajstić information content (AvgIpc) is 2.25. The Balaban J connectivity index is 2.78. The number of Topliss-reactive ketones (excluding diaryl/α,β-unsaturated/α-hetero) is 1. The third-order valence-corrected chi connectivity index (χ3v) is 2.71. The quantitative estimate of drug-likeness (QED) is 0.838. The number of halogens is 1. The Bertz CT molecular complexity index is 338. The number of carbonyl (C=O) groups is 1. The van der Waals surface area contributed by atoms with Crippen molar-refractivity contribution >= 4 is 17.4 Å². The highest BCUT2D eigenvalue weighted by molar-refractivity contribution is 6.30. The van der Waals surface area contributed by atoms with Crippen LogP contribution < -0.4 is 5.73 Å². The first-order valence-electron chi connectivity index (χ1n) is 5.14. The van der Waals surface area contributed by atoms with Crippen LogP contribution in [-0.2, 0) is 4.79 Å². The van der Waals surface area contributed by atoms with Crippen molar-refractivity contribution in [3.05, 3.63) is 34.9 Å². The summed E-state index contributed by atoms with van der Waals surface area (Å²) in [4.78, 5) is 11.4. The number of nitrogens with two attached hydrogens (primary N) is 1. The van der Waals surface area contributed by atoms with Crippen molar-refractivity contribution in [2.75, 3.05) is 6.54 Å². The summed E-state index contributed by atoms with van der Waals surface area (Å²) in [5.41, 5.74) is 6.71. The van der Waals surface area contributed by atoms with Crippen LogP contribution in [0.1, 0.15) is 31.2 Å². The minimum Gasteiger partial charge on any atom is -0.330 e. The molecule has 3 heteroatoms. The van der Waals surface area contributed by atoms with Crippen molar-refractivity contribution in [3.8, 4) is 0 Å². The number of rotatable bonds is 5. The molecule has 2 N–H and O–H groups in total. The van der Waals surface area contributed by atoms with E-state index in [4.69, 9.17) is 17.3 Å². The van der Waals surface area contributed by atoms with Crippen LogP contribution in [0.25, 0.3) is 0 Å². The van der Waals surface area contributed by atoms with Gasteiger partial charge in [0, 0.05) is 23.8 Å². The molecule has 0 radical (unpaired) electrons. The molecule has 0 bridgehead atoms. The van der Waals surface area contributed by atoms with Crippen molar-refractivity contribution in [2.24, 2.45) is 5.73 Å². The van der Waals surface area contributed by atoms with Crippen LogP contribution in [0.15, 0.2) is 24.3 Å². The van der Waals surface area contributed by atoms with Gasteiger partial charge < -0.3 is 5.73 Å². The fourth-order valence-corrected chi connectivity index (χ4v) is 1.72. The summed E-state index contributed by atoms with van der Waals surface area (Å²) in [6.07, 6.45) is 1.07. The Morgan fingerprint density at radius 1 is 1.53 bits per heavy atom. The third-order valence-electron chi connectivity index (χ3n) is 2.47. The van der Waals surface area contributed by atoms with E-state index in [0.29, 0.717) is 24.4 Å². The molecule has 0 aromatic heterocycles. The minimum atomic E-state index is 0.0937. The van der Waals surface area contributed by atoms with Crippen molar-refractivity contribution in [1.82, 2.24) is 0 Å². The van der Waals surface area contributed by atoms with Gasteiger partial charge in [0.25, 0.3) is 0 Å². The Hall–Kier alpha value is -0.860. The summed E-state index contributed by atoms with van der Waals surface area (Å²) in [6.45, 7) is 2.35. The minimum absolute atomic E-state index is 0.0937. The maximum Gasteiger partial charge on any atom is 0.133 e. The van der Waals surface area contributed by atoms with Gasteiger partial charge in [0.05, 0.1) is 0 Å². The average molecular weight is 226 g/mol. The van der Waals surface area contributed by atoms with E-state index in [1.54, 1.807) is 0 Å². The monoisotopic (exact) mass is 225 g/mol. The molecule has 0 spiro atoms. The maximum atomic E-state index is 11.4. The lowest BCUT2D eigenvalue weighted by Crippen LogP contribution is -2.16. The van der Waals surface area contributed by atoms with Crippen molar-refractivity contribution in [1.29, 1.82) is 0 Å². The molecular weight excluding hydrogens is 210 g/mol. The predicted octanol–water partition coefficient (Wildman–Crippen LogP) is 2.75. The summed E-state index contributed by atoms with van der Waals surface area (Å²) in [5.74, 6) is 0.335. The van der Waals surface area contributed by atoms with Gasteiger partial charge in [-0.15, -0.1) is 0 Å². The zero-order valence-electron chi connectivity index (χ0n) is 8.87. The molecule has 1 aromatic carbocycles. The van der Waals surface area contributed by atoms with Gasteiger partial charge in [-0.05, 0) is 24.2 Å². The second-order valence-corrected chi connectivity index (χ2v) is 4.02. The van der Waals surface area contributed by atoms with Gasteiger partial charge in [-0.2, -0.15) is 0 Å². The molecule has 2 nitrogen and oxygen atoms in total. The smallest absolute Gasteiger partial charge is 0.133 e. The number of benzene rings is 1. The summed E-state index contributed by atoms with van der Waals surface area (Å²) < 4.78 is 0. The molecule has 0 heterocycles. The van der Waals surface area contributed by atoms with Gasteiger partial charge in [0.15, 0.2) is 0 Å². The molecule has 0 saturated carbocycles. The van der Waals surface area contributed by atoms with E-state index in [1.807, 2.05) is 31.2 Å². The van der Waals surface area contributed by atoms with Crippen LogP contribution in [0, 0.1) is 0 Å². The molecule has 1 atom stereocenters. The zero-order chi connectivity index (χ0) is 11.3. The molecule has 0 saturated heterocycles. The number of hydrogen-bond acceptors (Lipinski definition) is 2. The molecule has 15 heavy (non-hydrogen) atoms. The van der Waals surface area contributed by atoms with E-state index >= 15 is 0 Å². The van der Waals surface area contributed by atoms with Crippen molar-refractivity contribution in [3.63, 3.8) is 0 Å². The normalized spacial score (nSPS) is 12.5. The number of ketones is 1. The van der Waals surface area contributed by atoms with Crippen LogP contribution in [-0.4, -0.2) is 12.3 Å². The van der Waals surface area contributed by atoms with Gasteiger partial charge in [-0.1, -0.05) is 30.7 Å². The van der Waals surface area contributed by atoms with Gasteiger partial charge >= 0.3 is 0 Å². The van der Waals surface area contributed by atoms with Crippen LogP contribution in [0.5, 0.6) is 0 Å². The van der Waals surface area contributed by atoms with Crippen LogP contribution in [0.4, 0.5) is 0 Å². The fourth-order valence-electron chi connectivity index (χ4n) is 1.52. The van der Waals surface area contributed by atoms with E-state index in [2.05, 4.69) is 0 Å². The largest absolute Gasteiger partial charge is 0.330 e. The molecule has 0 aliphatic carbocycles. The molecule has 0 amide bonds. The zero-order valence-corrected chi connectivity index (χ0v) is 9.63. The molecule has 0 aliphatic heterocycles. The van der Waals surface area contributed by atoms with Crippen LogP contribution in [0.3, 0.4) is 0 Å². The van der Waals surface area contributed by atoms with Gasteiger partial charge in [-0.25, -0.2) is 0 Å². The Kier molecular flexibility index (Phi) is 4.79. The molecule has 0 fully saturated rings. The number of hydrogen-bond donors (Lipinski definition) is 1. The lowest BCUT2D eigenvalue weighted by atomic mass is 9.93. The molecule has 0 aliphatic rings. The summed E-state index contributed by atoms with van der Waals surface area (Å²) >= 11 is 5.89. The highest BCUT2D eigenvalue weighted by Crippen LogP contribution is 2.22. The first kappa shape index (κ1) is 12.2. The highest BCUT2D eigenvalue weighted by Gasteiger charge is 2.13. The Morgan fingerprint density at radius 3 is 2.80 bits per heavy atom. The van der Waals surface area contributed by atoms with Crippen LogP contribution >= 0.6 is 11.6 Å². The van der Waals surface area contributed by atoms with E-state index < -0.39 is 0 Å². The summed E-state index contributed by atoms with van der Waals surface area (Å²) in [6, 6.07) is 7.55. The van der Waals surface area contributed by atoms with E-state index in [9.17, 15) is 4.79 Å². The third kappa shape index (κ3) is 3.65. The molecular formula is C12H16ClNO. The molecule has 1 rings (SSSR count). The topological polar surface area (TPSA) is 43.1 Å². The van der Waals surface area contributed by atoms with Gasteiger partial charge in [0.1, 0.15) is 5.78 Å². The van der Waals surface area contributed by atoms with Crippen molar-refractivity contribution < 1.29 is 4.79 Å².